The molecule has 0 aliphatic carbocycles. The van der Waals surface area contributed by atoms with Crippen LogP contribution in [0.1, 0.15) is 43.7 Å². The molecule has 2 aromatic rings. The molecule has 2 aromatic heterocycles. The normalized spacial score (nSPS) is 16.2. The van der Waals surface area contributed by atoms with Crippen LogP contribution >= 0.6 is 0 Å². The van der Waals surface area contributed by atoms with Crippen molar-refractivity contribution in [1.82, 2.24) is 15.5 Å². The zero-order valence-electron chi connectivity index (χ0n) is 17.4. The van der Waals surface area contributed by atoms with Crippen molar-refractivity contribution in [3.8, 4) is 0 Å². The molecule has 0 spiro atoms. The Kier molecular flexibility index (Phi) is 9.13. The van der Waals surface area contributed by atoms with Crippen LogP contribution in [0.15, 0.2) is 50.6 Å². The summed E-state index contributed by atoms with van der Waals surface area (Å²) in [5.41, 5.74) is 0. The Bertz CT molecular complexity index is 679. The van der Waals surface area contributed by atoms with Gasteiger partial charge < -0.3 is 24.2 Å². The summed E-state index contributed by atoms with van der Waals surface area (Å²) < 4.78 is 16.6. The molecule has 29 heavy (non-hydrogen) atoms. The van der Waals surface area contributed by atoms with Gasteiger partial charge >= 0.3 is 0 Å². The minimum absolute atomic E-state index is 0.180. The van der Waals surface area contributed by atoms with E-state index in [-0.39, 0.29) is 6.04 Å². The van der Waals surface area contributed by atoms with Gasteiger partial charge in [-0.25, -0.2) is 0 Å². The Labute approximate surface area is 173 Å². The molecule has 0 saturated carbocycles. The van der Waals surface area contributed by atoms with Gasteiger partial charge in [-0.3, -0.25) is 9.89 Å². The van der Waals surface area contributed by atoms with Crippen LogP contribution in [0, 0.1) is 0 Å². The van der Waals surface area contributed by atoms with Crippen molar-refractivity contribution >= 4 is 5.96 Å². The number of rotatable bonds is 12. The van der Waals surface area contributed by atoms with Crippen LogP contribution in [0.4, 0.5) is 0 Å². The minimum Gasteiger partial charge on any atom is -0.469 e. The first-order chi connectivity index (χ1) is 14.4. The number of nitrogens with one attached hydrogen (secondary N) is 2. The smallest absolute Gasteiger partial charge is 0.191 e. The van der Waals surface area contributed by atoms with Gasteiger partial charge in [0.2, 0.25) is 0 Å². The van der Waals surface area contributed by atoms with E-state index in [0.29, 0.717) is 6.54 Å². The first-order valence-corrected chi connectivity index (χ1v) is 10.8. The molecule has 1 atom stereocenters. The van der Waals surface area contributed by atoms with E-state index in [9.17, 15) is 0 Å². The van der Waals surface area contributed by atoms with Crippen LogP contribution in [-0.4, -0.2) is 56.8 Å². The zero-order valence-corrected chi connectivity index (χ0v) is 17.4. The number of nitrogens with zero attached hydrogens (tertiary/aromatic N) is 2. The lowest BCUT2D eigenvalue weighted by atomic mass is 10.2. The second-order valence-electron chi connectivity index (χ2n) is 7.20. The number of hydrogen-bond donors (Lipinski definition) is 2. The maximum atomic E-state index is 5.72. The maximum absolute atomic E-state index is 5.72. The summed E-state index contributed by atoms with van der Waals surface area (Å²) in [6.07, 6.45) is 7.70. The van der Waals surface area contributed by atoms with Gasteiger partial charge in [0.25, 0.3) is 0 Å². The van der Waals surface area contributed by atoms with Crippen molar-refractivity contribution < 1.29 is 13.6 Å². The van der Waals surface area contributed by atoms with E-state index in [0.717, 1.165) is 69.7 Å². The Morgan fingerprint density at radius 3 is 2.66 bits per heavy atom. The Balaban J connectivity index is 1.57. The number of guanidine groups is 1. The first kappa shape index (κ1) is 21.5. The second-order valence-corrected chi connectivity index (χ2v) is 7.20. The third-order valence-electron chi connectivity index (χ3n) is 5.08. The highest BCUT2D eigenvalue weighted by Crippen LogP contribution is 2.25. The van der Waals surface area contributed by atoms with Crippen LogP contribution < -0.4 is 10.6 Å². The Morgan fingerprint density at radius 1 is 1.14 bits per heavy atom. The quantitative estimate of drug-likeness (QED) is 0.323. The molecule has 3 rings (SSSR count). The predicted octanol–water partition coefficient (Wildman–Crippen LogP) is 3.21. The predicted molar refractivity (Wildman–Crippen MR) is 114 cm³/mol. The molecule has 0 aromatic carbocycles. The highest BCUT2D eigenvalue weighted by atomic mass is 16.5. The highest BCUT2D eigenvalue weighted by molar-refractivity contribution is 5.79. The van der Waals surface area contributed by atoms with Crippen molar-refractivity contribution in [3.63, 3.8) is 0 Å². The SMILES string of the molecule is CCOCCCNC(=NCC(c1ccco1)N1CCCC1)NCCc1ccco1. The summed E-state index contributed by atoms with van der Waals surface area (Å²) in [6.45, 7) is 7.98. The molecule has 7 nitrogen and oxygen atoms in total. The van der Waals surface area contributed by atoms with Gasteiger partial charge in [-0.15, -0.1) is 0 Å². The lowest BCUT2D eigenvalue weighted by molar-refractivity contribution is 0.145. The van der Waals surface area contributed by atoms with Crippen molar-refractivity contribution in [1.29, 1.82) is 0 Å². The molecule has 7 heteroatoms. The van der Waals surface area contributed by atoms with Crippen LogP contribution in [0.5, 0.6) is 0 Å². The zero-order chi connectivity index (χ0) is 20.2. The van der Waals surface area contributed by atoms with Crippen molar-refractivity contribution in [2.45, 2.75) is 38.6 Å². The fourth-order valence-corrected chi connectivity index (χ4v) is 3.56. The largest absolute Gasteiger partial charge is 0.469 e. The van der Waals surface area contributed by atoms with E-state index in [2.05, 4.69) is 21.6 Å². The van der Waals surface area contributed by atoms with Crippen molar-refractivity contribution in [2.24, 2.45) is 4.99 Å². The average molecular weight is 403 g/mol. The van der Waals surface area contributed by atoms with Crippen molar-refractivity contribution in [3.05, 3.63) is 48.3 Å². The number of ether oxygens (including phenoxy) is 1. The van der Waals surface area contributed by atoms with Gasteiger partial charge in [0.1, 0.15) is 11.5 Å². The Morgan fingerprint density at radius 2 is 1.93 bits per heavy atom. The summed E-state index contributed by atoms with van der Waals surface area (Å²) >= 11 is 0. The number of furan rings is 2. The van der Waals surface area contributed by atoms with Gasteiger partial charge in [-0.05, 0) is 63.5 Å². The second kappa shape index (κ2) is 12.3. The molecular weight excluding hydrogens is 368 g/mol. The third kappa shape index (κ3) is 7.25. The van der Waals surface area contributed by atoms with Gasteiger partial charge in [-0.2, -0.15) is 0 Å². The van der Waals surface area contributed by atoms with Gasteiger partial charge in [0.15, 0.2) is 5.96 Å². The molecule has 0 bridgehead atoms. The van der Waals surface area contributed by atoms with Crippen LogP contribution in [-0.2, 0) is 11.2 Å². The number of aliphatic imine (C=N–C) groups is 1. The first-order valence-electron chi connectivity index (χ1n) is 10.8. The molecule has 1 fully saturated rings. The van der Waals surface area contributed by atoms with Crippen molar-refractivity contribution in [2.75, 3.05) is 45.9 Å². The number of likely N-dealkylation sites (tertiary alicyclic amines) is 1. The lowest BCUT2D eigenvalue weighted by Gasteiger charge is -2.24. The summed E-state index contributed by atoms with van der Waals surface area (Å²) in [5, 5.41) is 6.86. The maximum Gasteiger partial charge on any atom is 0.191 e. The summed E-state index contributed by atoms with van der Waals surface area (Å²) in [5.74, 6) is 2.78. The van der Waals surface area contributed by atoms with Crippen LogP contribution in [0.25, 0.3) is 0 Å². The van der Waals surface area contributed by atoms with E-state index in [1.54, 1.807) is 12.5 Å². The molecule has 1 unspecified atom stereocenters. The van der Waals surface area contributed by atoms with Gasteiger partial charge in [-0.1, -0.05) is 0 Å². The summed E-state index contributed by atoms with van der Waals surface area (Å²) in [7, 11) is 0. The molecule has 1 saturated heterocycles. The molecule has 0 amide bonds. The molecule has 1 aliphatic rings. The van der Waals surface area contributed by atoms with E-state index in [4.69, 9.17) is 18.6 Å². The fourth-order valence-electron chi connectivity index (χ4n) is 3.56. The molecule has 2 N–H and O–H groups in total. The third-order valence-corrected chi connectivity index (χ3v) is 5.08. The van der Waals surface area contributed by atoms with E-state index < -0.39 is 0 Å². The van der Waals surface area contributed by atoms with E-state index in [1.165, 1.54) is 12.8 Å². The average Bonchev–Trinajstić information content (AvgIpc) is 3.50. The lowest BCUT2D eigenvalue weighted by Crippen LogP contribution is -2.40. The molecule has 160 valence electrons. The fraction of sp³-hybridized carbons (Fsp3) is 0.591. The van der Waals surface area contributed by atoms with Crippen LogP contribution in [0.2, 0.25) is 0 Å². The topological polar surface area (TPSA) is 75.2 Å². The van der Waals surface area contributed by atoms with E-state index >= 15 is 0 Å². The number of hydrogen-bond acceptors (Lipinski definition) is 5. The van der Waals surface area contributed by atoms with E-state index in [1.807, 2.05) is 25.1 Å². The van der Waals surface area contributed by atoms with Gasteiger partial charge in [0.05, 0.1) is 25.1 Å². The Hall–Kier alpha value is -2.25. The summed E-state index contributed by atoms with van der Waals surface area (Å²) in [6, 6.07) is 8.10. The van der Waals surface area contributed by atoms with Gasteiger partial charge in [0, 0.05) is 32.7 Å². The monoisotopic (exact) mass is 402 g/mol. The molecule has 3 heterocycles. The highest BCUT2D eigenvalue weighted by Gasteiger charge is 2.25. The minimum atomic E-state index is 0.180. The molecular formula is C22H34N4O3. The summed E-state index contributed by atoms with van der Waals surface area (Å²) in [4.78, 5) is 7.35. The molecule has 0 radical (unpaired) electrons. The van der Waals surface area contributed by atoms with Crippen LogP contribution in [0.3, 0.4) is 0 Å². The standard InChI is InChI=1S/C22H34N4O3/c1-2-27-15-7-11-23-22(24-12-10-19-8-5-16-28-19)25-18-20(21-9-6-17-29-21)26-13-3-4-14-26/h5-6,8-9,16-17,20H,2-4,7,10-15,18H2,1H3,(H2,23,24,25). The molecule has 1 aliphatic heterocycles.